The third-order valence-corrected chi connectivity index (χ3v) is 3.88. The van der Waals surface area contributed by atoms with Crippen LogP contribution in [0.3, 0.4) is 0 Å². The Balaban J connectivity index is 1.67. The van der Waals surface area contributed by atoms with Crippen molar-refractivity contribution in [2.75, 3.05) is 13.2 Å². The van der Waals surface area contributed by atoms with Gasteiger partial charge >= 0.3 is 0 Å². The number of aromatic nitrogens is 1. The minimum Gasteiger partial charge on any atom is -0.349 e. The largest absolute Gasteiger partial charge is 0.349 e. The number of H-pyrrole nitrogens is 1. The average Bonchev–Trinajstić information content (AvgIpc) is 2.87. The molecule has 1 aromatic heterocycles. The summed E-state index contributed by atoms with van der Waals surface area (Å²) >= 11 is 0. The molecule has 2 heterocycles. The Morgan fingerprint density at radius 1 is 1.40 bits per heavy atom. The summed E-state index contributed by atoms with van der Waals surface area (Å²) < 4.78 is 11.4. The lowest BCUT2D eigenvalue weighted by molar-refractivity contribution is -0.181. The van der Waals surface area contributed by atoms with E-state index >= 15 is 0 Å². The first kappa shape index (κ1) is 13.3. The molecular formula is C14H18N2O4. The van der Waals surface area contributed by atoms with Crippen LogP contribution in [0.1, 0.15) is 36.0 Å². The monoisotopic (exact) mass is 278 g/mol. The highest BCUT2D eigenvalue weighted by molar-refractivity contribution is 5.93. The number of hydrogen-bond donors (Lipinski definition) is 2. The van der Waals surface area contributed by atoms with Gasteiger partial charge in [-0.1, -0.05) is 0 Å². The van der Waals surface area contributed by atoms with Crippen LogP contribution < -0.4 is 10.9 Å². The molecule has 3 rings (SSSR count). The van der Waals surface area contributed by atoms with E-state index in [2.05, 4.69) is 10.3 Å². The predicted molar refractivity (Wildman–Crippen MR) is 71.4 cm³/mol. The van der Waals surface area contributed by atoms with E-state index in [9.17, 15) is 9.59 Å². The van der Waals surface area contributed by atoms with E-state index in [0.29, 0.717) is 19.6 Å². The number of rotatable bonds is 2. The summed E-state index contributed by atoms with van der Waals surface area (Å²) in [5, 5.41) is 2.91. The van der Waals surface area contributed by atoms with E-state index in [4.69, 9.17) is 9.47 Å². The summed E-state index contributed by atoms with van der Waals surface area (Å²) in [6, 6.07) is 3.14. The second-order valence-corrected chi connectivity index (χ2v) is 5.29. The molecule has 1 saturated heterocycles. The number of pyridine rings is 1. The zero-order valence-corrected chi connectivity index (χ0v) is 11.2. The van der Waals surface area contributed by atoms with Crippen LogP contribution in [0.15, 0.2) is 23.1 Å². The topological polar surface area (TPSA) is 80.4 Å². The molecule has 1 atom stereocenters. The number of carbonyl (C=O) groups excluding carboxylic acids is 1. The fourth-order valence-corrected chi connectivity index (χ4v) is 2.94. The third kappa shape index (κ3) is 2.62. The summed E-state index contributed by atoms with van der Waals surface area (Å²) in [7, 11) is 0. The third-order valence-electron chi connectivity index (χ3n) is 3.88. The molecule has 0 aromatic carbocycles. The second kappa shape index (κ2) is 5.38. The van der Waals surface area contributed by atoms with Crippen molar-refractivity contribution >= 4 is 5.91 Å². The van der Waals surface area contributed by atoms with Gasteiger partial charge < -0.3 is 19.8 Å². The molecule has 1 saturated carbocycles. The van der Waals surface area contributed by atoms with Crippen molar-refractivity contribution in [1.29, 1.82) is 0 Å². The first-order chi connectivity index (χ1) is 9.69. The van der Waals surface area contributed by atoms with Crippen molar-refractivity contribution in [2.24, 2.45) is 0 Å². The highest BCUT2D eigenvalue weighted by Gasteiger charge is 2.41. The fourth-order valence-electron chi connectivity index (χ4n) is 2.94. The quantitative estimate of drug-likeness (QED) is 0.838. The number of hydrogen-bond acceptors (Lipinski definition) is 4. The van der Waals surface area contributed by atoms with Gasteiger partial charge in [0.1, 0.15) is 5.56 Å². The Labute approximate surface area is 116 Å². The van der Waals surface area contributed by atoms with Crippen LogP contribution in [-0.2, 0) is 9.47 Å². The maximum atomic E-state index is 12.1. The minimum absolute atomic E-state index is 0.0195. The molecule has 2 N–H and O–H groups in total. The van der Waals surface area contributed by atoms with Crippen LogP contribution in [0, 0.1) is 0 Å². The zero-order chi connectivity index (χ0) is 14.0. The highest BCUT2D eigenvalue weighted by atomic mass is 16.7. The number of nitrogens with one attached hydrogen (secondary N) is 2. The van der Waals surface area contributed by atoms with E-state index in [0.717, 1.165) is 19.3 Å². The second-order valence-electron chi connectivity index (χ2n) is 5.29. The molecule has 0 radical (unpaired) electrons. The van der Waals surface area contributed by atoms with Crippen LogP contribution in [0.4, 0.5) is 0 Å². The van der Waals surface area contributed by atoms with Gasteiger partial charge in [-0.15, -0.1) is 0 Å². The van der Waals surface area contributed by atoms with Crippen molar-refractivity contribution in [3.8, 4) is 0 Å². The number of ether oxygens (including phenoxy) is 2. The van der Waals surface area contributed by atoms with Crippen molar-refractivity contribution in [2.45, 2.75) is 37.5 Å². The molecule has 1 aromatic rings. The number of amides is 1. The summed E-state index contributed by atoms with van der Waals surface area (Å²) in [4.78, 5) is 26.2. The van der Waals surface area contributed by atoms with Crippen molar-refractivity contribution < 1.29 is 14.3 Å². The fraction of sp³-hybridized carbons (Fsp3) is 0.571. The lowest BCUT2D eigenvalue weighted by Crippen LogP contribution is -2.47. The lowest BCUT2D eigenvalue weighted by Gasteiger charge is -2.36. The molecule has 1 amide bonds. The maximum absolute atomic E-state index is 12.1. The van der Waals surface area contributed by atoms with Crippen molar-refractivity contribution in [3.05, 3.63) is 34.2 Å². The van der Waals surface area contributed by atoms with Crippen LogP contribution in [0.25, 0.3) is 0 Å². The molecule has 6 heteroatoms. The number of aromatic amines is 1. The summed E-state index contributed by atoms with van der Waals surface area (Å²) in [6.07, 6.45) is 4.84. The van der Waals surface area contributed by atoms with Gasteiger partial charge in [0, 0.05) is 25.1 Å². The smallest absolute Gasteiger partial charge is 0.260 e. The van der Waals surface area contributed by atoms with E-state index in [1.54, 1.807) is 6.07 Å². The van der Waals surface area contributed by atoms with Crippen molar-refractivity contribution in [3.63, 3.8) is 0 Å². The van der Waals surface area contributed by atoms with Gasteiger partial charge in [-0.3, -0.25) is 9.59 Å². The molecule has 1 aliphatic heterocycles. The Kier molecular flexibility index (Phi) is 3.58. The maximum Gasteiger partial charge on any atom is 0.260 e. The van der Waals surface area contributed by atoms with Gasteiger partial charge in [0.2, 0.25) is 0 Å². The van der Waals surface area contributed by atoms with Gasteiger partial charge in [0.05, 0.1) is 13.2 Å². The van der Waals surface area contributed by atoms with E-state index < -0.39 is 5.79 Å². The molecule has 108 valence electrons. The van der Waals surface area contributed by atoms with Crippen LogP contribution >= 0.6 is 0 Å². The molecule has 20 heavy (non-hydrogen) atoms. The Morgan fingerprint density at radius 3 is 2.95 bits per heavy atom. The van der Waals surface area contributed by atoms with E-state index in [1.165, 1.54) is 12.3 Å². The zero-order valence-electron chi connectivity index (χ0n) is 11.2. The summed E-state index contributed by atoms with van der Waals surface area (Å²) in [6.45, 7) is 1.22. The number of carbonyl (C=O) groups is 1. The predicted octanol–water partition coefficient (Wildman–Crippen LogP) is 0.790. The Morgan fingerprint density at radius 2 is 2.20 bits per heavy atom. The standard InChI is InChI=1S/C14H18N2O4/c17-12-11(4-2-6-15-12)13(18)16-10-3-1-5-14(9-10)19-7-8-20-14/h2,4,6,10H,1,3,5,7-9H2,(H,15,17)(H,16,18)/t10-/m1/s1. The van der Waals surface area contributed by atoms with Crippen molar-refractivity contribution in [1.82, 2.24) is 10.3 Å². The first-order valence-corrected chi connectivity index (χ1v) is 6.95. The first-order valence-electron chi connectivity index (χ1n) is 6.95. The Hall–Kier alpha value is -1.66. The average molecular weight is 278 g/mol. The normalized spacial score (nSPS) is 24.7. The van der Waals surface area contributed by atoms with E-state index in [-0.39, 0.29) is 23.1 Å². The minimum atomic E-state index is -0.528. The highest BCUT2D eigenvalue weighted by Crippen LogP contribution is 2.35. The van der Waals surface area contributed by atoms with Gasteiger partial charge in [0.25, 0.3) is 11.5 Å². The lowest BCUT2D eigenvalue weighted by atomic mass is 9.89. The molecule has 0 bridgehead atoms. The van der Waals surface area contributed by atoms with Gasteiger partial charge in [-0.2, -0.15) is 0 Å². The Bertz CT molecular complexity index is 548. The SMILES string of the molecule is O=C(N[C@@H]1CCCC2(C1)OCCO2)c1ccc[nH]c1=O. The summed E-state index contributed by atoms with van der Waals surface area (Å²) in [5.41, 5.74) is -0.232. The van der Waals surface area contributed by atoms with Crippen LogP contribution in [0.2, 0.25) is 0 Å². The summed E-state index contributed by atoms with van der Waals surface area (Å²) in [5.74, 6) is -0.869. The molecule has 2 aliphatic rings. The van der Waals surface area contributed by atoms with Gasteiger partial charge in [-0.05, 0) is 25.0 Å². The molecular weight excluding hydrogens is 260 g/mol. The van der Waals surface area contributed by atoms with Crippen LogP contribution in [-0.4, -0.2) is 35.9 Å². The van der Waals surface area contributed by atoms with E-state index in [1.807, 2.05) is 0 Å². The molecule has 1 aliphatic carbocycles. The van der Waals surface area contributed by atoms with Crippen LogP contribution in [0.5, 0.6) is 0 Å². The molecule has 2 fully saturated rings. The molecule has 6 nitrogen and oxygen atoms in total. The van der Waals surface area contributed by atoms with Gasteiger partial charge in [-0.25, -0.2) is 0 Å². The molecule has 1 spiro atoms. The van der Waals surface area contributed by atoms with Gasteiger partial charge in [0.15, 0.2) is 5.79 Å². The molecule has 0 unspecified atom stereocenters.